The monoisotopic (exact) mass is 692 g/mol. The number of aromatic nitrogens is 1. The molecule has 4 heteroatoms. The normalized spacial score (nSPS) is 11.7. The van der Waals surface area contributed by atoms with Gasteiger partial charge in [-0.2, -0.15) is 0 Å². The molecule has 0 aliphatic carbocycles. The number of rotatable bonds is 6. The van der Waals surface area contributed by atoms with Crippen molar-refractivity contribution in [2.45, 2.75) is 0 Å². The third-order valence-corrected chi connectivity index (χ3v) is 10.6. The number of nitrogens with zero attached hydrogens (tertiary/aromatic N) is 2. The maximum Gasteiger partial charge on any atom is 0.213 e. The highest BCUT2D eigenvalue weighted by molar-refractivity contribution is 6.20. The van der Waals surface area contributed by atoms with Crippen molar-refractivity contribution in [3.63, 3.8) is 0 Å². The Labute approximate surface area is 311 Å². The van der Waals surface area contributed by atoms with Crippen LogP contribution in [0.4, 0.5) is 17.1 Å². The molecule has 0 bridgehead atoms. The van der Waals surface area contributed by atoms with E-state index in [4.69, 9.17) is 8.83 Å². The van der Waals surface area contributed by atoms with Gasteiger partial charge in [0.2, 0.25) is 5.71 Å². The maximum absolute atomic E-state index is 6.62. The second-order valence-electron chi connectivity index (χ2n) is 13.7. The van der Waals surface area contributed by atoms with Crippen LogP contribution in [0.1, 0.15) is 0 Å². The van der Waals surface area contributed by atoms with Crippen LogP contribution in [0.25, 0.3) is 82.9 Å². The molecule has 3 heterocycles. The van der Waals surface area contributed by atoms with Gasteiger partial charge in [-0.3, -0.25) is 4.57 Å². The predicted molar refractivity (Wildman–Crippen MR) is 223 cm³/mol. The van der Waals surface area contributed by atoms with Gasteiger partial charge in [-0.1, -0.05) is 133 Å². The van der Waals surface area contributed by atoms with Gasteiger partial charge in [-0.25, -0.2) is 0 Å². The zero-order valence-corrected chi connectivity index (χ0v) is 29.2. The standard InChI is InChI=1S/C50H32N2O2/c1-3-13-33(14-4-1)34-25-28-38(29-26-34)51(44-22-12-21-41-40-19-7-9-23-46(40)53-49(41)44)39-18-11-15-35(31-39)36-27-30-42-45(32-36)52(37-16-5-2-6-17-37)50-48(42)43-20-8-10-24-47(43)54-50/h1-32H. The smallest absolute Gasteiger partial charge is 0.213 e. The fourth-order valence-corrected chi connectivity index (χ4v) is 8.09. The molecule has 0 amide bonds. The predicted octanol–water partition coefficient (Wildman–Crippen LogP) is 14.2. The van der Waals surface area contributed by atoms with Crippen molar-refractivity contribution < 1.29 is 8.83 Å². The zero-order valence-electron chi connectivity index (χ0n) is 29.2. The van der Waals surface area contributed by atoms with Gasteiger partial charge in [0.25, 0.3) is 0 Å². The minimum absolute atomic E-state index is 0.854. The van der Waals surface area contributed by atoms with Crippen LogP contribution in [-0.4, -0.2) is 4.57 Å². The number of anilines is 3. The highest BCUT2D eigenvalue weighted by Crippen LogP contribution is 2.44. The lowest BCUT2D eigenvalue weighted by atomic mass is 10.0. The summed E-state index contributed by atoms with van der Waals surface area (Å²) in [7, 11) is 0. The van der Waals surface area contributed by atoms with E-state index in [2.05, 4.69) is 179 Å². The summed E-state index contributed by atoms with van der Waals surface area (Å²) in [4.78, 5) is 2.31. The zero-order chi connectivity index (χ0) is 35.6. The number of benzene rings is 8. The molecule has 0 aliphatic rings. The number of hydrogen-bond acceptors (Lipinski definition) is 3. The second-order valence-corrected chi connectivity index (χ2v) is 13.7. The Morgan fingerprint density at radius 2 is 1.00 bits per heavy atom. The van der Waals surface area contributed by atoms with Crippen LogP contribution >= 0.6 is 0 Å². The molecule has 254 valence electrons. The molecular weight excluding hydrogens is 661 g/mol. The third-order valence-electron chi connectivity index (χ3n) is 10.6. The van der Waals surface area contributed by atoms with E-state index in [9.17, 15) is 0 Å². The van der Waals surface area contributed by atoms with Crippen LogP contribution in [0, 0.1) is 0 Å². The first-order chi connectivity index (χ1) is 26.8. The molecule has 11 aromatic rings. The summed E-state index contributed by atoms with van der Waals surface area (Å²) >= 11 is 0. The van der Waals surface area contributed by atoms with E-state index >= 15 is 0 Å². The maximum atomic E-state index is 6.62. The lowest BCUT2D eigenvalue weighted by Crippen LogP contribution is -2.10. The summed E-state index contributed by atoms with van der Waals surface area (Å²) in [6, 6.07) is 68.4. The van der Waals surface area contributed by atoms with Gasteiger partial charge in [0.1, 0.15) is 11.2 Å². The molecule has 4 nitrogen and oxygen atoms in total. The van der Waals surface area contributed by atoms with E-state index in [1.807, 2.05) is 24.3 Å². The Kier molecular flexibility index (Phi) is 6.82. The summed E-state index contributed by atoms with van der Waals surface area (Å²) in [6.45, 7) is 0. The van der Waals surface area contributed by atoms with Crippen LogP contribution < -0.4 is 4.90 Å². The van der Waals surface area contributed by atoms with Crippen molar-refractivity contribution in [2.75, 3.05) is 4.90 Å². The minimum atomic E-state index is 0.854. The van der Waals surface area contributed by atoms with Gasteiger partial charge < -0.3 is 13.7 Å². The van der Waals surface area contributed by atoms with Crippen molar-refractivity contribution in [1.29, 1.82) is 0 Å². The molecule has 0 saturated heterocycles. The molecule has 54 heavy (non-hydrogen) atoms. The fraction of sp³-hybridized carbons (Fsp3) is 0. The summed E-state index contributed by atoms with van der Waals surface area (Å²) < 4.78 is 15.4. The third kappa shape index (κ3) is 4.78. The van der Waals surface area contributed by atoms with Gasteiger partial charge in [-0.15, -0.1) is 0 Å². The average molecular weight is 693 g/mol. The van der Waals surface area contributed by atoms with E-state index in [0.717, 1.165) is 88.8 Å². The first-order valence-corrected chi connectivity index (χ1v) is 18.3. The van der Waals surface area contributed by atoms with Gasteiger partial charge in [-0.05, 0) is 82.9 Å². The number of fused-ring (bicyclic) bond motifs is 8. The second kappa shape index (κ2) is 12.1. The Bertz CT molecular complexity index is 3150. The average Bonchev–Trinajstić information content (AvgIpc) is 3.91. The lowest BCUT2D eigenvalue weighted by Gasteiger charge is -2.26. The summed E-state index contributed by atoms with van der Waals surface area (Å²) in [5.74, 6) is 0. The summed E-state index contributed by atoms with van der Waals surface area (Å²) in [5.41, 5.74) is 13.3. The summed E-state index contributed by atoms with van der Waals surface area (Å²) in [5, 5.41) is 5.62. The topological polar surface area (TPSA) is 34.5 Å². The van der Waals surface area contributed by atoms with Crippen LogP contribution in [-0.2, 0) is 0 Å². The van der Waals surface area contributed by atoms with Gasteiger partial charge in [0.05, 0.1) is 16.6 Å². The number of para-hydroxylation sites is 4. The molecule has 0 unspecified atom stereocenters. The van der Waals surface area contributed by atoms with E-state index < -0.39 is 0 Å². The first kappa shape index (κ1) is 30.3. The SMILES string of the molecule is c1ccc(-c2ccc(N(c3cccc(-c4ccc5c6c7ccccc7oc6n(-c6ccccc6)c5c4)c3)c3cccc4c3oc3ccccc34)cc2)cc1. The van der Waals surface area contributed by atoms with E-state index in [0.29, 0.717) is 0 Å². The van der Waals surface area contributed by atoms with Crippen molar-refractivity contribution >= 4 is 72.0 Å². The molecule has 0 N–H and O–H groups in total. The van der Waals surface area contributed by atoms with Gasteiger partial charge in [0.15, 0.2) is 5.58 Å². The molecule has 0 atom stereocenters. The van der Waals surface area contributed by atoms with Crippen LogP contribution in [0.15, 0.2) is 203 Å². The highest BCUT2D eigenvalue weighted by Gasteiger charge is 2.22. The van der Waals surface area contributed by atoms with Crippen LogP contribution in [0.5, 0.6) is 0 Å². The van der Waals surface area contributed by atoms with Crippen molar-refractivity contribution in [2.24, 2.45) is 0 Å². The fourth-order valence-electron chi connectivity index (χ4n) is 8.09. The molecular formula is C50H32N2O2. The Hall–Kier alpha value is -7.30. The Morgan fingerprint density at radius 3 is 1.81 bits per heavy atom. The quantitative estimate of drug-likeness (QED) is 0.174. The number of furan rings is 2. The van der Waals surface area contributed by atoms with Crippen molar-refractivity contribution in [1.82, 2.24) is 4.57 Å². The summed E-state index contributed by atoms with van der Waals surface area (Å²) in [6.07, 6.45) is 0. The van der Waals surface area contributed by atoms with Crippen LogP contribution in [0.3, 0.4) is 0 Å². The minimum Gasteiger partial charge on any atom is -0.454 e. The van der Waals surface area contributed by atoms with E-state index in [-0.39, 0.29) is 0 Å². The van der Waals surface area contributed by atoms with Crippen LogP contribution in [0.2, 0.25) is 0 Å². The lowest BCUT2D eigenvalue weighted by molar-refractivity contribution is 0.645. The van der Waals surface area contributed by atoms with Gasteiger partial charge >= 0.3 is 0 Å². The molecule has 3 aromatic heterocycles. The molecule has 0 fully saturated rings. The molecule has 0 radical (unpaired) electrons. The number of hydrogen-bond donors (Lipinski definition) is 0. The highest BCUT2D eigenvalue weighted by atomic mass is 16.3. The molecule has 0 saturated carbocycles. The van der Waals surface area contributed by atoms with Crippen molar-refractivity contribution in [3.8, 4) is 27.9 Å². The van der Waals surface area contributed by atoms with E-state index in [1.165, 1.54) is 11.1 Å². The molecule has 0 spiro atoms. The van der Waals surface area contributed by atoms with Crippen molar-refractivity contribution in [3.05, 3.63) is 194 Å². The van der Waals surface area contributed by atoms with E-state index in [1.54, 1.807) is 0 Å². The Balaban J connectivity index is 1.10. The molecule has 0 aliphatic heterocycles. The Morgan fingerprint density at radius 1 is 0.389 bits per heavy atom. The first-order valence-electron chi connectivity index (χ1n) is 18.3. The van der Waals surface area contributed by atoms with Gasteiger partial charge in [0, 0.05) is 38.6 Å². The largest absolute Gasteiger partial charge is 0.454 e. The molecule has 8 aromatic carbocycles. The molecule has 11 rings (SSSR count).